The molecule has 0 saturated carbocycles. The Morgan fingerprint density at radius 1 is 0.872 bits per heavy atom. The molecule has 0 radical (unpaired) electrons. The Bertz CT molecular complexity index is 2010. The molecule has 3 heterocycles. The van der Waals surface area contributed by atoms with Gasteiger partial charge in [-0.15, -0.1) is 0 Å². The predicted molar refractivity (Wildman–Crippen MR) is 185 cm³/mol. The molecule has 47 heavy (non-hydrogen) atoms. The monoisotopic (exact) mass is 641 g/mol. The van der Waals surface area contributed by atoms with Gasteiger partial charge >= 0.3 is 5.69 Å². The summed E-state index contributed by atoms with van der Waals surface area (Å²) in [5.74, 6) is 0.419. The molecule has 7 rings (SSSR count). The van der Waals surface area contributed by atoms with E-state index in [0.717, 1.165) is 23.1 Å². The van der Waals surface area contributed by atoms with Gasteiger partial charge in [0.1, 0.15) is 12.5 Å². The highest BCUT2D eigenvalue weighted by molar-refractivity contribution is 6.99. The second-order valence-electron chi connectivity index (χ2n) is 12.8. The second-order valence-corrected chi connectivity index (χ2v) is 17.1. The zero-order chi connectivity index (χ0) is 32.6. The second kappa shape index (κ2) is 12.2. The molecule has 0 amide bonds. The molecule has 1 N–H and O–H groups in total. The van der Waals surface area contributed by atoms with Gasteiger partial charge in [0.15, 0.2) is 0 Å². The first-order chi connectivity index (χ1) is 22.8. The summed E-state index contributed by atoms with van der Waals surface area (Å²) in [6.45, 7) is 6.84. The Labute approximate surface area is 273 Å². The Morgan fingerprint density at radius 3 is 2.19 bits per heavy atom. The first-order valence-electron chi connectivity index (χ1n) is 15.7. The van der Waals surface area contributed by atoms with E-state index in [1.807, 2.05) is 24.3 Å². The number of pyridine rings is 1. The number of benzene rings is 3. The maximum absolute atomic E-state index is 12.1. The van der Waals surface area contributed by atoms with Gasteiger partial charge < -0.3 is 9.74 Å². The molecular formula is C36H35N7O3Si. The van der Waals surface area contributed by atoms with Crippen molar-refractivity contribution < 1.29 is 9.35 Å². The quantitative estimate of drug-likeness (QED) is 0.111. The van der Waals surface area contributed by atoms with Crippen molar-refractivity contribution in [2.24, 2.45) is 0 Å². The smallest absolute Gasteiger partial charge is 0.329 e. The van der Waals surface area contributed by atoms with Gasteiger partial charge in [0.2, 0.25) is 11.8 Å². The predicted octanol–water partition coefficient (Wildman–Crippen LogP) is 6.68. The standard InChI is InChI=1S/C36H35N7O3Si/c1-36(2,3)47(25-12-6-4-7-13-25,26-14-8-5-9-15-26)46-33-19-18-29(27-16-10-11-17-28(27)33)40-34-32(43(44)45)23-38-35(41-34)42-24-39-30-20-21-37-22-31(30)42/h4-17,20-24,29,33H,18-19H2,1-3H3,(H,38,40,41)/t29-,33-/m1/s1. The lowest BCUT2D eigenvalue weighted by atomic mass is 9.86. The molecule has 3 aromatic carbocycles. The van der Waals surface area contributed by atoms with E-state index in [2.05, 4.69) is 107 Å². The van der Waals surface area contributed by atoms with Gasteiger partial charge in [-0.2, -0.15) is 4.98 Å². The molecule has 0 aliphatic heterocycles. The van der Waals surface area contributed by atoms with Crippen molar-refractivity contribution in [3.63, 3.8) is 0 Å². The Kier molecular flexibility index (Phi) is 7.86. The SMILES string of the molecule is CC(C)(C)[Si](O[C@@H]1CC[C@@H](Nc2nc(-n3cnc4ccncc43)ncc2[N+](=O)[O-])c2ccccc21)(c1ccccc1)c1ccccc1. The van der Waals surface area contributed by atoms with E-state index in [1.165, 1.54) is 16.6 Å². The molecular weight excluding hydrogens is 607 g/mol. The Balaban J connectivity index is 1.27. The average molecular weight is 642 g/mol. The summed E-state index contributed by atoms with van der Waals surface area (Å²) in [7, 11) is -2.83. The summed E-state index contributed by atoms with van der Waals surface area (Å²) >= 11 is 0. The highest BCUT2D eigenvalue weighted by Gasteiger charge is 2.52. The number of rotatable bonds is 8. The van der Waals surface area contributed by atoms with Crippen LogP contribution >= 0.6 is 0 Å². The molecule has 3 aromatic heterocycles. The number of anilines is 1. The number of nitro groups is 1. The van der Waals surface area contributed by atoms with Gasteiger partial charge in [-0.05, 0) is 45.4 Å². The third-order valence-electron chi connectivity index (χ3n) is 9.00. The minimum absolute atomic E-state index is 0.150. The number of nitrogens with one attached hydrogen (secondary N) is 1. The fourth-order valence-electron chi connectivity index (χ4n) is 6.83. The minimum atomic E-state index is -2.83. The molecule has 0 saturated heterocycles. The maximum atomic E-state index is 12.1. The molecule has 0 unspecified atom stereocenters. The Hall–Kier alpha value is -5.26. The fourth-order valence-corrected chi connectivity index (χ4v) is 11.5. The van der Waals surface area contributed by atoms with E-state index in [0.29, 0.717) is 11.9 Å². The van der Waals surface area contributed by atoms with E-state index in [-0.39, 0.29) is 34.6 Å². The van der Waals surface area contributed by atoms with Crippen LogP contribution in [0.5, 0.6) is 0 Å². The van der Waals surface area contributed by atoms with Crippen molar-refractivity contribution in [2.45, 2.75) is 50.8 Å². The molecule has 0 spiro atoms. The van der Waals surface area contributed by atoms with Crippen molar-refractivity contribution >= 4 is 41.2 Å². The molecule has 11 heteroatoms. The summed E-state index contributed by atoms with van der Waals surface area (Å²) in [5, 5.41) is 17.8. The topological polar surface area (TPSA) is 121 Å². The molecule has 236 valence electrons. The molecule has 1 aliphatic carbocycles. The van der Waals surface area contributed by atoms with Crippen LogP contribution in [-0.2, 0) is 4.43 Å². The lowest BCUT2D eigenvalue weighted by molar-refractivity contribution is -0.384. The van der Waals surface area contributed by atoms with Crippen LogP contribution in [0.3, 0.4) is 0 Å². The first-order valence-corrected chi connectivity index (χ1v) is 17.6. The highest BCUT2D eigenvalue weighted by atomic mass is 28.4. The summed E-state index contributed by atoms with van der Waals surface area (Å²) in [6, 6.07) is 31.1. The van der Waals surface area contributed by atoms with Crippen LogP contribution in [-0.4, -0.2) is 37.7 Å². The number of fused-ring (bicyclic) bond motifs is 2. The summed E-state index contributed by atoms with van der Waals surface area (Å²) in [5.41, 5.74) is 3.35. The third-order valence-corrected chi connectivity index (χ3v) is 14.0. The fraction of sp³-hybridized carbons (Fsp3) is 0.222. The number of hydrogen-bond acceptors (Lipinski definition) is 8. The summed E-state index contributed by atoms with van der Waals surface area (Å²) < 4.78 is 9.25. The minimum Gasteiger partial charge on any atom is -0.400 e. The van der Waals surface area contributed by atoms with Gasteiger partial charge in [-0.3, -0.25) is 19.7 Å². The third kappa shape index (κ3) is 5.47. The van der Waals surface area contributed by atoms with E-state index in [1.54, 1.807) is 29.4 Å². The highest BCUT2D eigenvalue weighted by Crippen LogP contribution is 2.46. The van der Waals surface area contributed by atoms with E-state index in [9.17, 15) is 10.1 Å². The number of hydrogen-bond donors (Lipinski definition) is 1. The zero-order valence-electron chi connectivity index (χ0n) is 26.4. The molecule has 2 atom stereocenters. The first kappa shape index (κ1) is 30.4. The Morgan fingerprint density at radius 2 is 1.53 bits per heavy atom. The molecule has 10 nitrogen and oxygen atoms in total. The van der Waals surface area contributed by atoms with Crippen LogP contribution in [0.2, 0.25) is 5.04 Å². The molecule has 6 aromatic rings. The van der Waals surface area contributed by atoms with Crippen molar-refractivity contribution in [2.75, 3.05) is 5.32 Å². The molecule has 1 aliphatic rings. The largest absolute Gasteiger partial charge is 0.400 e. The van der Waals surface area contributed by atoms with E-state index < -0.39 is 13.2 Å². The van der Waals surface area contributed by atoms with Crippen LogP contribution in [0.4, 0.5) is 11.5 Å². The van der Waals surface area contributed by atoms with Crippen LogP contribution in [0, 0.1) is 10.1 Å². The van der Waals surface area contributed by atoms with Gasteiger partial charge in [0, 0.05) is 6.20 Å². The zero-order valence-corrected chi connectivity index (χ0v) is 27.4. The lowest BCUT2D eigenvalue weighted by Gasteiger charge is -2.46. The van der Waals surface area contributed by atoms with Crippen LogP contribution in [0.25, 0.3) is 17.0 Å². The van der Waals surface area contributed by atoms with Crippen LogP contribution in [0.15, 0.2) is 116 Å². The van der Waals surface area contributed by atoms with Gasteiger partial charge in [-0.1, -0.05) is 106 Å². The molecule has 0 fully saturated rings. The van der Waals surface area contributed by atoms with Crippen molar-refractivity contribution in [1.29, 1.82) is 0 Å². The summed E-state index contributed by atoms with van der Waals surface area (Å²) in [6.07, 6.45) is 7.42. The molecule has 0 bridgehead atoms. The van der Waals surface area contributed by atoms with Gasteiger partial charge in [-0.25, -0.2) is 9.97 Å². The van der Waals surface area contributed by atoms with Crippen molar-refractivity contribution in [1.82, 2.24) is 24.5 Å². The maximum Gasteiger partial charge on any atom is 0.329 e. The van der Waals surface area contributed by atoms with Crippen LogP contribution in [0.1, 0.15) is 56.9 Å². The number of imidazole rings is 1. The van der Waals surface area contributed by atoms with E-state index in [4.69, 9.17) is 4.43 Å². The van der Waals surface area contributed by atoms with Crippen LogP contribution < -0.4 is 15.7 Å². The van der Waals surface area contributed by atoms with Crippen molar-refractivity contribution in [3.8, 4) is 5.95 Å². The van der Waals surface area contributed by atoms with Crippen molar-refractivity contribution in [3.05, 3.63) is 137 Å². The number of nitrogens with zero attached hydrogens (tertiary/aromatic N) is 6. The lowest BCUT2D eigenvalue weighted by Crippen LogP contribution is -2.67. The van der Waals surface area contributed by atoms with Gasteiger partial charge in [0.05, 0.1) is 34.3 Å². The van der Waals surface area contributed by atoms with Gasteiger partial charge in [0.25, 0.3) is 8.32 Å². The average Bonchev–Trinajstić information content (AvgIpc) is 3.52. The van der Waals surface area contributed by atoms with E-state index >= 15 is 0 Å². The summed E-state index contributed by atoms with van der Waals surface area (Å²) in [4.78, 5) is 29.2. The normalized spacial score (nSPS) is 16.5. The number of aromatic nitrogens is 5.